The second kappa shape index (κ2) is 2.59. The van der Waals surface area contributed by atoms with Gasteiger partial charge in [-0.25, -0.2) is 0 Å². The molecule has 6 heteroatoms. The molecule has 0 saturated heterocycles. The number of carboxylic acid groups (broad SMARTS) is 1. The van der Waals surface area contributed by atoms with Crippen LogP contribution in [0, 0.1) is 0 Å². The second-order valence-electron chi connectivity index (χ2n) is 1.96. The molecule has 0 spiro atoms. The maximum absolute atomic E-state index is 10.3. The molecule has 0 aliphatic carbocycles. The fourth-order valence-corrected chi connectivity index (χ4v) is 0.661. The van der Waals surface area contributed by atoms with Crippen molar-refractivity contribution in [3.8, 4) is 0 Å². The first-order valence-corrected chi connectivity index (χ1v) is 2.84. The summed E-state index contributed by atoms with van der Waals surface area (Å²) in [5, 5.41) is 20.6. The number of hydrogen-bond acceptors (Lipinski definition) is 4. The van der Waals surface area contributed by atoms with E-state index in [4.69, 9.17) is 16.0 Å². The summed E-state index contributed by atoms with van der Waals surface area (Å²) < 4.78 is 0. The third-order valence-corrected chi connectivity index (χ3v) is 1.24. The zero-order valence-electron chi connectivity index (χ0n) is 5.51. The van der Waals surface area contributed by atoms with Gasteiger partial charge in [0.2, 0.25) is 0 Å². The monoisotopic (exact) mass is 157 g/mol. The molecule has 1 heterocycles. The summed E-state index contributed by atoms with van der Waals surface area (Å²) in [7, 11) is 0. The molecule has 0 amide bonds. The summed E-state index contributed by atoms with van der Waals surface area (Å²) in [6, 6.07) is 0.0983. The van der Waals surface area contributed by atoms with E-state index in [1.54, 1.807) is 0 Å². The molecule has 11 heavy (non-hydrogen) atoms. The topological polar surface area (TPSA) is 101 Å². The van der Waals surface area contributed by atoms with Crippen molar-refractivity contribution in [2.75, 3.05) is 0 Å². The number of nitrogens with zero attached hydrogens (tertiary/aromatic N) is 2. The molecule has 4 N–H and O–H groups in total. The van der Waals surface area contributed by atoms with Crippen LogP contribution in [0.25, 0.3) is 0 Å². The SMILES string of the molecule is N[C@H](C(=O)O)c1ccnn1O. The third-order valence-electron chi connectivity index (χ3n) is 1.24. The third kappa shape index (κ3) is 1.30. The van der Waals surface area contributed by atoms with Gasteiger partial charge in [-0.15, -0.1) is 9.94 Å². The summed E-state index contributed by atoms with van der Waals surface area (Å²) in [4.78, 5) is 10.7. The Morgan fingerprint density at radius 1 is 1.82 bits per heavy atom. The molecule has 0 saturated carbocycles. The lowest BCUT2D eigenvalue weighted by Gasteiger charge is -2.03. The highest BCUT2D eigenvalue weighted by Gasteiger charge is 2.18. The van der Waals surface area contributed by atoms with Crippen molar-refractivity contribution in [2.24, 2.45) is 5.73 Å². The van der Waals surface area contributed by atoms with Crippen LogP contribution in [0.4, 0.5) is 0 Å². The summed E-state index contributed by atoms with van der Waals surface area (Å²) in [5.41, 5.74) is 5.22. The fourth-order valence-electron chi connectivity index (χ4n) is 0.661. The zero-order chi connectivity index (χ0) is 8.43. The van der Waals surface area contributed by atoms with Crippen LogP contribution in [0.1, 0.15) is 11.7 Å². The first kappa shape index (κ1) is 7.55. The number of carboxylic acids is 1. The van der Waals surface area contributed by atoms with Crippen LogP contribution in [-0.4, -0.2) is 26.2 Å². The maximum Gasteiger partial charge on any atom is 0.326 e. The quantitative estimate of drug-likeness (QED) is 0.488. The van der Waals surface area contributed by atoms with E-state index in [0.717, 1.165) is 0 Å². The van der Waals surface area contributed by atoms with Crippen LogP contribution >= 0.6 is 0 Å². The lowest BCUT2D eigenvalue weighted by atomic mass is 10.2. The van der Waals surface area contributed by atoms with E-state index in [-0.39, 0.29) is 5.69 Å². The lowest BCUT2D eigenvalue weighted by molar-refractivity contribution is -0.139. The van der Waals surface area contributed by atoms with Crippen molar-refractivity contribution in [1.29, 1.82) is 0 Å². The largest absolute Gasteiger partial charge is 0.480 e. The van der Waals surface area contributed by atoms with E-state index in [1.807, 2.05) is 0 Å². The average molecular weight is 157 g/mol. The van der Waals surface area contributed by atoms with Crippen molar-refractivity contribution < 1.29 is 15.1 Å². The van der Waals surface area contributed by atoms with Crippen LogP contribution in [0.3, 0.4) is 0 Å². The van der Waals surface area contributed by atoms with Gasteiger partial charge in [0, 0.05) is 0 Å². The van der Waals surface area contributed by atoms with Crippen LogP contribution in [0.15, 0.2) is 12.3 Å². The number of rotatable bonds is 2. The molecule has 0 radical (unpaired) electrons. The van der Waals surface area contributed by atoms with Gasteiger partial charge < -0.3 is 16.0 Å². The van der Waals surface area contributed by atoms with Gasteiger partial charge in [-0.05, 0) is 6.07 Å². The smallest absolute Gasteiger partial charge is 0.326 e. The van der Waals surface area contributed by atoms with Gasteiger partial charge in [0.05, 0.1) is 6.20 Å². The van der Waals surface area contributed by atoms with E-state index in [2.05, 4.69) is 5.10 Å². The Morgan fingerprint density at radius 2 is 2.45 bits per heavy atom. The van der Waals surface area contributed by atoms with Crippen molar-refractivity contribution in [1.82, 2.24) is 9.94 Å². The van der Waals surface area contributed by atoms with Crippen molar-refractivity contribution in [2.45, 2.75) is 6.04 Å². The van der Waals surface area contributed by atoms with Crippen molar-refractivity contribution >= 4 is 5.97 Å². The molecule has 0 unspecified atom stereocenters. The average Bonchev–Trinajstić information content (AvgIpc) is 2.33. The van der Waals surface area contributed by atoms with Crippen molar-refractivity contribution in [3.05, 3.63) is 18.0 Å². The minimum absolute atomic E-state index is 0.0532. The van der Waals surface area contributed by atoms with Gasteiger partial charge in [-0.3, -0.25) is 4.79 Å². The lowest BCUT2D eigenvalue weighted by Crippen LogP contribution is -2.23. The molecular formula is C5H7N3O3. The minimum Gasteiger partial charge on any atom is -0.480 e. The molecular weight excluding hydrogens is 150 g/mol. The van der Waals surface area contributed by atoms with E-state index < -0.39 is 12.0 Å². The van der Waals surface area contributed by atoms with Gasteiger partial charge in [-0.1, -0.05) is 0 Å². The first-order valence-electron chi connectivity index (χ1n) is 2.84. The number of aromatic nitrogens is 2. The first-order chi connectivity index (χ1) is 5.13. The maximum atomic E-state index is 10.3. The van der Waals surface area contributed by atoms with Crippen molar-refractivity contribution in [3.63, 3.8) is 0 Å². The molecule has 1 rings (SSSR count). The Balaban J connectivity index is 2.92. The van der Waals surface area contributed by atoms with E-state index in [1.165, 1.54) is 12.3 Å². The summed E-state index contributed by atoms with van der Waals surface area (Å²) in [5.74, 6) is -1.21. The van der Waals surface area contributed by atoms with E-state index in [9.17, 15) is 4.79 Å². The highest BCUT2D eigenvalue weighted by atomic mass is 16.5. The van der Waals surface area contributed by atoms with Crippen LogP contribution in [0.2, 0.25) is 0 Å². The summed E-state index contributed by atoms with van der Waals surface area (Å²) in [6.45, 7) is 0. The Labute approximate surface area is 61.8 Å². The van der Waals surface area contributed by atoms with Gasteiger partial charge >= 0.3 is 5.97 Å². The molecule has 0 bridgehead atoms. The molecule has 0 fully saturated rings. The molecule has 1 aromatic rings. The van der Waals surface area contributed by atoms with Gasteiger partial charge in [0.15, 0.2) is 0 Å². The normalized spacial score (nSPS) is 12.8. The Hall–Kier alpha value is -1.56. The molecule has 60 valence electrons. The van der Waals surface area contributed by atoms with E-state index >= 15 is 0 Å². The predicted molar refractivity (Wildman–Crippen MR) is 34.0 cm³/mol. The second-order valence-corrected chi connectivity index (χ2v) is 1.96. The molecule has 6 nitrogen and oxygen atoms in total. The number of aliphatic carboxylic acids is 1. The van der Waals surface area contributed by atoms with Crippen LogP contribution in [0.5, 0.6) is 0 Å². The molecule has 0 aliphatic heterocycles. The number of hydrogen-bond donors (Lipinski definition) is 3. The Bertz CT molecular complexity index is 270. The molecule has 1 aromatic heterocycles. The molecule has 0 aliphatic rings. The van der Waals surface area contributed by atoms with Gasteiger partial charge in [0.1, 0.15) is 11.7 Å². The number of carbonyl (C=O) groups is 1. The molecule has 0 aromatic carbocycles. The van der Waals surface area contributed by atoms with Crippen LogP contribution < -0.4 is 5.73 Å². The fraction of sp³-hybridized carbons (Fsp3) is 0.200. The Kier molecular flexibility index (Phi) is 1.77. The predicted octanol–water partition coefficient (Wildman–Crippen LogP) is -0.795. The summed E-state index contributed by atoms with van der Waals surface area (Å²) in [6.07, 6.45) is 1.26. The number of nitrogens with two attached hydrogens (primary N) is 1. The highest BCUT2D eigenvalue weighted by molar-refractivity contribution is 5.74. The standard InChI is InChI=1S/C5H7N3O3/c6-4(5(9)10)3-1-2-7-8(3)11/h1-2,4,11H,6H2,(H,9,10)/t4-/m0/s1. The highest BCUT2D eigenvalue weighted by Crippen LogP contribution is 2.06. The van der Waals surface area contributed by atoms with E-state index in [0.29, 0.717) is 4.85 Å². The van der Waals surface area contributed by atoms with Gasteiger partial charge in [-0.2, -0.15) is 0 Å². The molecule has 1 atom stereocenters. The van der Waals surface area contributed by atoms with Crippen LogP contribution in [-0.2, 0) is 4.79 Å². The minimum atomic E-state index is -1.23. The Morgan fingerprint density at radius 3 is 2.82 bits per heavy atom. The summed E-state index contributed by atoms with van der Waals surface area (Å²) >= 11 is 0. The zero-order valence-corrected chi connectivity index (χ0v) is 5.51. The van der Waals surface area contributed by atoms with Gasteiger partial charge in [0.25, 0.3) is 0 Å².